The second-order valence-electron chi connectivity index (χ2n) is 15.7. The average molecular weight is 780 g/mol. The summed E-state index contributed by atoms with van der Waals surface area (Å²) in [5, 5.41) is 13.8. The van der Waals surface area contributed by atoms with Gasteiger partial charge in [-0.3, -0.25) is 13.8 Å². The number of unbranched alkanes of at least 4 members (excludes halogenated alkanes) is 17. The van der Waals surface area contributed by atoms with Crippen molar-refractivity contribution in [3.63, 3.8) is 0 Å². The van der Waals surface area contributed by atoms with Crippen molar-refractivity contribution in [3.8, 4) is 0 Å². The largest absolute Gasteiger partial charge is 0.472 e. The number of quaternary nitrogens is 1. The first-order chi connectivity index (χ1) is 26.0. The summed E-state index contributed by atoms with van der Waals surface area (Å²) in [5.74, 6) is -0.219. The number of nitrogens with one attached hydrogen (secondary N) is 1. The van der Waals surface area contributed by atoms with E-state index >= 15 is 0 Å². The average Bonchev–Trinajstić information content (AvgIpc) is 3.12. The first-order valence-corrected chi connectivity index (χ1v) is 23.2. The lowest BCUT2D eigenvalue weighted by molar-refractivity contribution is -0.870. The standard InChI is InChI=1S/C45H83N2O6P/c1-6-8-10-12-14-16-18-20-21-22-23-24-25-27-28-30-32-34-36-38-44(48)43(42-53-54(50,51)52-41-40-47(3,4)5)46-45(49)39-37-35-33-31-29-26-19-17-15-13-11-9-7-2/h9,11,15,17,26,28-30,36,38,43-44,48H,6-8,10,12-14,16,18-25,27,31-35,37,39-42H2,1-5H3,(H-,46,49,50,51)/p+1/b11-9-,17-15-,29-26-,30-28+,38-36+. The highest BCUT2D eigenvalue weighted by molar-refractivity contribution is 7.47. The van der Waals surface area contributed by atoms with Crippen molar-refractivity contribution in [2.75, 3.05) is 40.9 Å². The highest BCUT2D eigenvalue weighted by Crippen LogP contribution is 2.43. The minimum absolute atomic E-state index is 0.0478. The molecule has 314 valence electrons. The van der Waals surface area contributed by atoms with Gasteiger partial charge in [-0.05, 0) is 64.2 Å². The number of amides is 1. The fourth-order valence-electron chi connectivity index (χ4n) is 5.78. The Balaban J connectivity index is 4.53. The van der Waals surface area contributed by atoms with Crippen LogP contribution in [-0.2, 0) is 18.4 Å². The molecular formula is C45H84N2O6P+. The number of nitrogens with zero attached hydrogens (tertiary/aromatic N) is 1. The van der Waals surface area contributed by atoms with Crippen LogP contribution in [0.3, 0.4) is 0 Å². The fraction of sp³-hybridized carbons (Fsp3) is 0.756. The van der Waals surface area contributed by atoms with Crippen LogP contribution in [0.25, 0.3) is 0 Å². The zero-order chi connectivity index (χ0) is 40.0. The monoisotopic (exact) mass is 780 g/mol. The molecule has 3 atom stereocenters. The number of hydrogen-bond acceptors (Lipinski definition) is 5. The molecule has 0 aliphatic heterocycles. The smallest absolute Gasteiger partial charge is 0.387 e. The lowest BCUT2D eigenvalue weighted by Gasteiger charge is -2.25. The normalized spacial score (nSPS) is 15.0. The van der Waals surface area contributed by atoms with Crippen LogP contribution in [-0.4, -0.2) is 73.4 Å². The molecule has 0 saturated carbocycles. The number of carbonyl (C=O) groups excluding carboxylic acids is 1. The Morgan fingerprint density at radius 1 is 0.648 bits per heavy atom. The molecule has 3 unspecified atom stereocenters. The first kappa shape index (κ1) is 52.2. The molecule has 8 nitrogen and oxygen atoms in total. The third-order valence-corrected chi connectivity index (χ3v) is 10.2. The van der Waals surface area contributed by atoms with E-state index < -0.39 is 20.0 Å². The molecular weight excluding hydrogens is 695 g/mol. The fourth-order valence-corrected chi connectivity index (χ4v) is 6.51. The van der Waals surface area contributed by atoms with Crippen molar-refractivity contribution < 1.29 is 32.9 Å². The van der Waals surface area contributed by atoms with Crippen LogP contribution >= 0.6 is 7.82 Å². The van der Waals surface area contributed by atoms with Gasteiger partial charge in [-0.25, -0.2) is 4.57 Å². The van der Waals surface area contributed by atoms with Gasteiger partial charge < -0.3 is 19.8 Å². The molecule has 0 aromatic carbocycles. The molecule has 0 saturated heterocycles. The summed E-state index contributed by atoms with van der Waals surface area (Å²) in [6.45, 7) is 4.63. The number of aliphatic hydroxyl groups is 1. The zero-order valence-corrected chi connectivity index (χ0v) is 36.3. The van der Waals surface area contributed by atoms with E-state index in [-0.39, 0.29) is 19.1 Å². The van der Waals surface area contributed by atoms with E-state index in [1.165, 1.54) is 83.5 Å². The van der Waals surface area contributed by atoms with Gasteiger partial charge in [0.25, 0.3) is 0 Å². The van der Waals surface area contributed by atoms with Crippen LogP contribution in [0.5, 0.6) is 0 Å². The summed E-state index contributed by atoms with van der Waals surface area (Å²) in [6, 6.07) is -0.879. The van der Waals surface area contributed by atoms with Gasteiger partial charge >= 0.3 is 7.82 Å². The minimum Gasteiger partial charge on any atom is -0.387 e. The zero-order valence-electron chi connectivity index (χ0n) is 35.4. The maximum Gasteiger partial charge on any atom is 0.472 e. The van der Waals surface area contributed by atoms with Crippen LogP contribution in [0.2, 0.25) is 0 Å². The number of rotatable bonds is 38. The Morgan fingerprint density at radius 2 is 1.13 bits per heavy atom. The molecule has 0 spiro atoms. The van der Waals surface area contributed by atoms with Gasteiger partial charge in [-0.1, -0.05) is 158 Å². The third-order valence-electron chi connectivity index (χ3n) is 9.22. The molecule has 0 radical (unpaired) electrons. The maximum absolute atomic E-state index is 12.8. The van der Waals surface area contributed by atoms with Crippen LogP contribution in [0.4, 0.5) is 0 Å². The van der Waals surface area contributed by atoms with E-state index in [2.05, 4.69) is 67.8 Å². The van der Waals surface area contributed by atoms with Gasteiger partial charge in [0.15, 0.2) is 0 Å². The molecule has 54 heavy (non-hydrogen) atoms. The summed E-state index contributed by atoms with van der Waals surface area (Å²) in [6.07, 6.45) is 47.3. The number of phosphoric ester groups is 1. The number of aliphatic hydroxyl groups excluding tert-OH is 1. The third kappa shape index (κ3) is 38.5. The van der Waals surface area contributed by atoms with Gasteiger partial charge in [-0.15, -0.1) is 0 Å². The van der Waals surface area contributed by atoms with Gasteiger partial charge in [0, 0.05) is 6.42 Å². The van der Waals surface area contributed by atoms with E-state index in [1.807, 2.05) is 27.2 Å². The van der Waals surface area contributed by atoms with Gasteiger partial charge in [0.2, 0.25) is 5.91 Å². The van der Waals surface area contributed by atoms with E-state index in [9.17, 15) is 19.4 Å². The Bertz CT molecular complexity index is 1060. The molecule has 0 aromatic heterocycles. The molecule has 1 amide bonds. The van der Waals surface area contributed by atoms with Gasteiger partial charge in [0.05, 0.1) is 39.9 Å². The summed E-state index contributed by atoms with van der Waals surface area (Å²) in [5.41, 5.74) is 0. The number of allylic oxidation sites excluding steroid dienone is 9. The number of phosphoric acid groups is 1. The van der Waals surface area contributed by atoms with Crippen LogP contribution in [0.15, 0.2) is 60.8 Å². The Morgan fingerprint density at radius 3 is 1.70 bits per heavy atom. The Kier molecular flexibility index (Phi) is 35.6. The predicted molar refractivity (Wildman–Crippen MR) is 230 cm³/mol. The van der Waals surface area contributed by atoms with Gasteiger partial charge in [-0.2, -0.15) is 0 Å². The Hall–Kier alpha value is -1.80. The number of likely N-dealkylation sites (N-methyl/N-ethyl adjacent to an activating group) is 1. The van der Waals surface area contributed by atoms with Crippen LogP contribution < -0.4 is 5.32 Å². The van der Waals surface area contributed by atoms with E-state index in [0.717, 1.165) is 64.2 Å². The molecule has 0 heterocycles. The summed E-state index contributed by atoms with van der Waals surface area (Å²) >= 11 is 0. The van der Waals surface area contributed by atoms with Crippen molar-refractivity contribution in [1.82, 2.24) is 5.32 Å². The van der Waals surface area contributed by atoms with Gasteiger partial charge in [0.1, 0.15) is 13.2 Å². The quantitative estimate of drug-likeness (QED) is 0.0249. The van der Waals surface area contributed by atoms with E-state index in [0.29, 0.717) is 17.4 Å². The second kappa shape index (κ2) is 36.8. The molecule has 0 fully saturated rings. The van der Waals surface area contributed by atoms with E-state index in [1.54, 1.807) is 6.08 Å². The molecule has 0 aliphatic carbocycles. The minimum atomic E-state index is -4.35. The molecule has 0 aliphatic rings. The van der Waals surface area contributed by atoms with Crippen molar-refractivity contribution >= 4 is 13.7 Å². The highest BCUT2D eigenvalue weighted by Gasteiger charge is 2.27. The lowest BCUT2D eigenvalue weighted by atomic mass is 10.0. The number of hydrogen-bond donors (Lipinski definition) is 3. The molecule has 0 rings (SSSR count). The maximum atomic E-state index is 12.8. The SMILES string of the molecule is CC/C=C\C/C=C\C/C=C\CCCCCC(=O)NC(COP(=O)(O)OCC[N+](C)(C)C)C(O)/C=C/CC/C=C/CCCCCCCCCCCCCCC. The molecule has 0 bridgehead atoms. The van der Waals surface area contributed by atoms with E-state index in [4.69, 9.17) is 9.05 Å². The molecule has 9 heteroatoms. The topological polar surface area (TPSA) is 105 Å². The van der Waals surface area contributed by atoms with Crippen molar-refractivity contribution in [2.45, 2.75) is 180 Å². The summed E-state index contributed by atoms with van der Waals surface area (Å²) in [7, 11) is 1.52. The summed E-state index contributed by atoms with van der Waals surface area (Å²) < 4.78 is 23.5. The highest BCUT2D eigenvalue weighted by atomic mass is 31.2. The van der Waals surface area contributed by atoms with Crippen LogP contribution in [0, 0.1) is 0 Å². The lowest BCUT2D eigenvalue weighted by Crippen LogP contribution is -2.45. The molecule has 3 N–H and O–H groups in total. The molecule has 0 aromatic rings. The Labute approximate surface area is 332 Å². The van der Waals surface area contributed by atoms with Crippen molar-refractivity contribution in [3.05, 3.63) is 60.8 Å². The van der Waals surface area contributed by atoms with Crippen molar-refractivity contribution in [2.24, 2.45) is 0 Å². The van der Waals surface area contributed by atoms with Crippen LogP contribution in [0.1, 0.15) is 168 Å². The summed E-state index contributed by atoms with van der Waals surface area (Å²) in [4.78, 5) is 23.0. The first-order valence-electron chi connectivity index (χ1n) is 21.7. The number of carbonyl (C=O) groups is 1. The van der Waals surface area contributed by atoms with Crippen molar-refractivity contribution in [1.29, 1.82) is 0 Å². The predicted octanol–water partition coefficient (Wildman–Crippen LogP) is 11.9. The second-order valence-corrected chi connectivity index (χ2v) is 17.1.